The zero-order valence-electron chi connectivity index (χ0n) is 8.50. The van der Waals surface area contributed by atoms with Crippen LogP contribution in [0.3, 0.4) is 0 Å². The van der Waals surface area contributed by atoms with Crippen molar-refractivity contribution in [2.24, 2.45) is 0 Å². The Bertz CT molecular complexity index is 422. The summed E-state index contributed by atoms with van der Waals surface area (Å²) in [5.74, 6) is -0.683. The van der Waals surface area contributed by atoms with Crippen molar-refractivity contribution >= 4 is 23.2 Å². The molecule has 5 heteroatoms. The van der Waals surface area contributed by atoms with Crippen LogP contribution in [0.4, 0.5) is 0 Å². The molecule has 0 spiro atoms. The van der Waals surface area contributed by atoms with Gasteiger partial charge in [-0.05, 0) is 12.1 Å². The first-order chi connectivity index (χ1) is 7.70. The molecule has 2 atom stereocenters. The second-order valence-electron chi connectivity index (χ2n) is 4.06. The number of benzene rings is 1. The highest BCUT2D eigenvalue weighted by Crippen LogP contribution is 2.38. The summed E-state index contributed by atoms with van der Waals surface area (Å²) in [5, 5.41) is 4.36. The Labute approximate surface area is 104 Å². The molecule has 1 aromatic carbocycles. The highest BCUT2D eigenvalue weighted by atomic mass is 35.5. The van der Waals surface area contributed by atoms with Crippen LogP contribution >= 0.6 is 23.2 Å². The highest BCUT2D eigenvalue weighted by molar-refractivity contribution is 6.42. The lowest BCUT2D eigenvalue weighted by Crippen LogP contribution is -2.46. The van der Waals surface area contributed by atoms with Gasteiger partial charge in [-0.15, -0.1) is 0 Å². The summed E-state index contributed by atoms with van der Waals surface area (Å²) in [6.45, 7) is 2.10. The molecule has 0 aromatic heterocycles. The Kier molecular flexibility index (Phi) is 2.61. The predicted octanol–water partition coefficient (Wildman–Crippen LogP) is 2.16. The lowest BCUT2D eigenvalue weighted by molar-refractivity contribution is -0.186. The van der Waals surface area contributed by atoms with E-state index in [9.17, 15) is 0 Å². The molecule has 1 N–H and O–H groups in total. The summed E-state index contributed by atoms with van der Waals surface area (Å²) in [5.41, 5.74) is 0.914. The Morgan fingerprint density at radius 3 is 3.00 bits per heavy atom. The Morgan fingerprint density at radius 1 is 1.31 bits per heavy atom. The largest absolute Gasteiger partial charge is 0.342 e. The normalized spacial score (nSPS) is 33.0. The molecule has 0 amide bonds. The summed E-state index contributed by atoms with van der Waals surface area (Å²) in [4.78, 5) is 0. The lowest BCUT2D eigenvalue weighted by Gasteiger charge is -2.32. The van der Waals surface area contributed by atoms with Gasteiger partial charge >= 0.3 is 0 Å². The minimum atomic E-state index is -0.683. The van der Waals surface area contributed by atoms with Gasteiger partial charge in [0.2, 0.25) is 5.79 Å². The molecule has 1 aromatic rings. The fraction of sp³-hybridized carbons (Fsp3) is 0.455. The van der Waals surface area contributed by atoms with Gasteiger partial charge in [-0.2, -0.15) is 0 Å². The van der Waals surface area contributed by atoms with Crippen LogP contribution < -0.4 is 5.32 Å². The molecule has 2 unspecified atom stereocenters. The summed E-state index contributed by atoms with van der Waals surface area (Å²) in [7, 11) is 0. The first-order valence-corrected chi connectivity index (χ1v) is 5.93. The van der Waals surface area contributed by atoms with Crippen molar-refractivity contribution in [1.82, 2.24) is 5.32 Å². The van der Waals surface area contributed by atoms with Crippen LogP contribution in [0.15, 0.2) is 18.2 Å². The number of fused-ring (bicyclic) bond motifs is 2. The van der Waals surface area contributed by atoms with Crippen LogP contribution in [0.5, 0.6) is 0 Å². The highest BCUT2D eigenvalue weighted by Gasteiger charge is 2.46. The van der Waals surface area contributed by atoms with E-state index in [0.717, 1.165) is 12.1 Å². The maximum atomic E-state index is 6.00. The summed E-state index contributed by atoms with van der Waals surface area (Å²) in [6.07, 6.45) is 0.128. The van der Waals surface area contributed by atoms with Gasteiger partial charge in [0.05, 0.1) is 29.3 Å². The van der Waals surface area contributed by atoms with Gasteiger partial charge in [0.1, 0.15) is 0 Å². The van der Waals surface area contributed by atoms with E-state index in [4.69, 9.17) is 32.7 Å². The molecule has 2 bridgehead atoms. The van der Waals surface area contributed by atoms with Crippen LogP contribution in [0, 0.1) is 0 Å². The van der Waals surface area contributed by atoms with Gasteiger partial charge < -0.3 is 14.8 Å². The average molecular weight is 260 g/mol. The Morgan fingerprint density at radius 2 is 2.19 bits per heavy atom. The van der Waals surface area contributed by atoms with Crippen molar-refractivity contribution in [3.05, 3.63) is 33.8 Å². The molecule has 16 heavy (non-hydrogen) atoms. The van der Waals surface area contributed by atoms with Gasteiger partial charge in [0.15, 0.2) is 0 Å². The standard InChI is InChI=1S/C11H11Cl2NO2/c12-9-2-1-7(3-10(9)13)11-6-14-4-8(16-11)5-15-11/h1-3,8,14H,4-6H2. The van der Waals surface area contributed by atoms with E-state index in [1.54, 1.807) is 12.1 Å². The number of nitrogens with one attached hydrogen (secondary N) is 1. The number of morpholine rings is 1. The van der Waals surface area contributed by atoms with Crippen molar-refractivity contribution in [3.63, 3.8) is 0 Å². The topological polar surface area (TPSA) is 30.5 Å². The molecule has 2 heterocycles. The number of hydrogen-bond acceptors (Lipinski definition) is 3. The minimum absolute atomic E-state index is 0.128. The van der Waals surface area contributed by atoms with Crippen LogP contribution in [0.25, 0.3) is 0 Å². The molecule has 0 saturated carbocycles. The van der Waals surface area contributed by atoms with E-state index in [1.807, 2.05) is 6.07 Å². The zero-order valence-corrected chi connectivity index (χ0v) is 10.0. The van der Waals surface area contributed by atoms with Crippen molar-refractivity contribution < 1.29 is 9.47 Å². The number of hydrogen-bond donors (Lipinski definition) is 1. The molecule has 2 fully saturated rings. The van der Waals surface area contributed by atoms with Crippen LogP contribution in [0.2, 0.25) is 10.0 Å². The van der Waals surface area contributed by atoms with Gasteiger partial charge in [-0.25, -0.2) is 0 Å². The molecule has 2 aliphatic heterocycles. The number of ether oxygens (including phenoxy) is 2. The SMILES string of the molecule is Clc1ccc(C23CNCC(CO2)O3)cc1Cl. The van der Waals surface area contributed by atoms with E-state index < -0.39 is 5.79 Å². The van der Waals surface area contributed by atoms with Gasteiger partial charge in [0.25, 0.3) is 0 Å². The Hall–Kier alpha value is -0.320. The van der Waals surface area contributed by atoms with E-state index in [-0.39, 0.29) is 6.10 Å². The van der Waals surface area contributed by atoms with E-state index in [2.05, 4.69) is 5.32 Å². The summed E-state index contributed by atoms with van der Waals surface area (Å²) in [6, 6.07) is 5.46. The third-order valence-electron chi connectivity index (χ3n) is 2.95. The molecule has 0 aliphatic carbocycles. The van der Waals surface area contributed by atoms with E-state index >= 15 is 0 Å². The Balaban J connectivity index is 1.99. The average Bonchev–Trinajstić information content (AvgIpc) is 2.59. The molecule has 3 nitrogen and oxygen atoms in total. The molecular weight excluding hydrogens is 249 g/mol. The molecule has 2 aliphatic rings. The molecule has 3 rings (SSSR count). The summed E-state index contributed by atoms with van der Waals surface area (Å²) >= 11 is 11.9. The second-order valence-corrected chi connectivity index (χ2v) is 4.88. The summed E-state index contributed by atoms with van der Waals surface area (Å²) < 4.78 is 11.6. The first-order valence-electron chi connectivity index (χ1n) is 5.18. The quantitative estimate of drug-likeness (QED) is 0.839. The predicted molar refractivity (Wildman–Crippen MR) is 61.8 cm³/mol. The van der Waals surface area contributed by atoms with Gasteiger partial charge in [0, 0.05) is 12.1 Å². The van der Waals surface area contributed by atoms with Crippen molar-refractivity contribution in [1.29, 1.82) is 0 Å². The molecule has 86 valence electrons. The fourth-order valence-electron chi connectivity index (χ4n) is 2.14. The third-order valence-corrected chi connectivity index (χ3v) is 3.69. The second kappa shape index (κ2) is 3.86. The monoisotopic (exact) mass is 259 g/mol. The van der Waals surface area contributed by atoms with Crippen molar-refractivity contribution in [3.8, 4) is 0 Å². The van der Waals surface area contributed by atoms with E-state index in [0.29, 0.717) is 23.2 Å². The zero-order chi connectivity index (χ0) is 11.2. The lowest BCUT2D eigenvalue weighted by atomic mass is 10.0. The van der Waals surface area contributed by atoms with Crippen molar-refractivity contribution in [2.45, 2.75) is 11.9 Å². The molecular formula is C11H11Cl2NO2. The van der Waals surface area contributed by atoms with Gasteiger partial charge in [-0.1, -0.05) is 29.3 Å². The van der Waals surface area contributed by atoms with E-state index in [1.165, 1.54) is 0 Å². The smallest absolute Gasteiger partial charge is 0.208 e. The van der Waals surface area contributed by atoms with Crippen LogP contribution in [-0.2, 0) is 15.3 Å². The molecule has 2 saturated heterocycles. The number of halogens is 2. The minimum Gasteiger partial charge on any atom is -0.342 e. The maximum Gasteiger partial charge on any atom is 0.208 e. The van der Waals surface area contributed by atoms with Crippen LogP contribution in [-0.4, -0.2) is 25.8 Å². The maximum absolute atomic E-state index is 6.00. The third kappa shape index (κ3) is 1.63. The number of rotatable bonds is 1. The van der Waals surface area contributed by atoms with Crippen molar-refractivity contribution in [2.75, 3.05) is 19.7 Å². The first kappa shape index (κ1) is 10.8. The van der Waals surface area contributed by atoms with Gasteiger partial charge in [-0.3, -0.25) is 0 Å². The fourth-order valence-corrected chi connectivity index (χ4v) is 2.44. The molecule has 0 radical (unpaired) electrons. The van der Waals surface area contributed by atoms with Crippen LogP contribution in [0.1, 0.15) is 5.56 Å².